The van der Waals surface area contributed by atoms with E-state index in [9.17, 15) is 0 Å². The summed E-state index contributed by atoms with van der Waals surface area (Å²) in [4.78, 5) is 0. The summed E-state index contributed by atoms with van der Waals surface area (Å²) < 4.78 is 4.82. The van der Waals surface area contributed by atoms with E-state index in [1.807, 2.05) is 0 Å². The molecule has 2 heterocycles. The Hall–Kier alpha value is -5.86. The normalized spacial score (nSPS) is 11.7. The summed E-state index contributed by atoms with van der Waals surface area (Å²) in [6.45, 7) is 0. The van der Waals surface area contributed by atoms with E-state index in [-0.39, 0.29) is 0 Å². The van der Waals surface area contributed by atoms with Gasteiger partial charge in [0.15, 0.2) is 0 Å². The highest BCUT2D eigenvalue weighted by Gasteiger charge is 2.23. The Morgan fingerprint density at radius 2 is 0.717 bits per heavy atom. The summed E-state index contributed by atoms with van der Waals surface area (Å²) in [6.07, 6.45) is 0. The molecule has 0 amide bonds. The van der Waals surface area contributed by atoms with Crippen LogP contribution in [0.1, 0.15) is 0 Å². The molecule has 0 fully saturated rings. The Kier molecular flexibility index (Phi) is 5.97. The Morgan fingerprint density at radius 1 is 0.326 bits per heavy atom. The van der Waals surface area contributed by atoms with Crippen LogP contribution in [0.4, 0.5) is 0 Å². The Balaban J connectivity index is 1.36. The fraction of sp³-hybridized carbons (Fsp3) is 0.0455. The van der Waals surface area contributed by atoms with Gasteiger partial charge >= 0.3 is 0 Å². The second kappa shape index (κ2) is 10.4. The van der Waals surface area contributed by atoms with Gasteiger partial charge in [-0.25, -0.2) is 0 Å². The van der Waals surface area contributed by atoms with Crippen molar-refractivity contribution in [3.8, 4) is 44.8 Å². The number of nitrogens with zero attached hydrogens (tertiary/aromatic N) is 2. The zero-order chi connectivity index (χ0) is 30.8. The number of aromatic nitrogens is 2. The average Bonchev–Trinajstić information content (AvgIpc) is 3.60. The molecule has 0 N–H and O–H groups in total. The molecule has 9 rings (SSSR count). The van der Waals surface area contributed by atoms with Crippen molar-refractivity contribution in [3.05, 3.63) is 158 Å². The molecular weight excluding hydrogens is 556 g/mol. The first-order valence-electron chi connectivity index (χ1n) is 15.9. The fourth-order valence-corrected chi connectivity index (χ4v) is 7.73. The molecule has 2 heteroatoms. The molecule has 7 aromatic carbocycles. The zero-order valence-corrected chi connectivity index (χ0v) is 25.9. The van der Waals surface area contributed by atoms with Gasteiger partial charge < -0.3 is 9.13 Å². The lowest BCUT2D eigenvalue weighted by Gasteiger charge is -2.13. The van der Waals surface area contributed by atoms with Gasteiger partial charge in [0.1, 0.15) is 0 Å². The highest BCUT2D eigenvalue weighted by molar-refractivity contribution is 6.17. The predicted octanol–water partition coefficient (Wildman–Crippen LogP) is 11.6. The summed E-state index contributed by atoms with van der Waals surface area (Å²) in [7, 11) is 4.45. The number of fused-ring (bicyclic) bond motifs is 6. The van der Waals surface area contributed by atoms with Crippen molar-refractivity contribution in [1.29, 1.82) is 0 Å². The quantitative estimate of drug-likeness (QED) is 0.194. The Morgan fingerprint density at radius 3 is 1.17 bits per heavy atom. The molecule has 2 aromatic heterocycles. The van der Waals surface area contributed by atoms with Gasteiger partial charge in [0, 0.05) is 46.8 Å². The van der Waals surface area contributed by atoms with E-state index < -0.39 is 0 Å². The molecule has 0 unspecified atom stereocenters. The topological polar surface area (TPSA) is 9.86 Å². The van der Waals surface area contributed by atoms with Crippen molar-refractivity contribution >= 4 is 43.4 Å². The lowest BCUT2D eigenvalue weighted by atomic mass is 9.94. The van der Waals surface area contributed by atoms with Gasteiger partial charge in [-0.2, -0.15) is 0 Å². The summed E-state index contributed by atoms with van der Waals surface area (Å²) in [5, 5.41) is 7.60. The molecule has 218 valence electrons. The molecule has 0 saturated carbocycles. The van der Waals surface area contributed by atoms with E-state index in [4.69, 9.17) is 0 Å². The van der Waals surface area contributed by atoms with Crippen molar-refractivity contribution in [2.45, 2.75) is 0 Å². The van der Waals surface area contributed by atoms with Crippen LogP contribution >= 0.6 is 0 Å². The van der Waals surface area contributed by atoms with Crippen LogP contribution in [0.25, 0.3) is 88.1 Å². The van der Waals surface area contributed by atoms with Crippen molar-refractivity contribution < 1.29 is 0 Å². The lowest BCUT2D eigenvalue weighted by Crippen LogP contribution is -1.96. The molecule has 0 aliphatic rings. The van der Waals surface area contributed by atoms with Crippen LogP contribution in [0.3, 0.4) is 0 Å². The van der Waals surface area contributed by atoms with E-state index in [0.29, 0.717) is 0 Å². The number of rotatable bonds is 4. The molecule has 0 aliphatic carbocycles. The largest absolute Gasteiger partial charge is 0.343 e. The highest BCUT2D eigenvalue weighted by atomic mass is 15.0. The molecular formula is C44H32N2. The van der Waals surface area contributed by atoms with Crippen molar-refractivity contribution in [1.82, 2.24) is 9.13 Å². The zero-order valence-electron chi connectivity index (χ0n) is 25.9. The van der Waals surface area contributed by atoms with E-state index in [1.165, 1.54) is 88.1 Å². The van der Waals surface area contributed by atoms with Crippen molar-refractivity contribution in [3.63, 3.8) is 0 Å². The van der Waals surface area contributed by atoms with Gasteiger partial charge in [-0.15, -0.1) is 0 Å². The number of aryl methyl sites for hydroxylation is 2. The molecule has 2 nitrogen and oxygen atoms in total. The van der Waals surface area contributed by atoms with Gasteiger partial charge in [0.2, 0.25) is 0 Å². The second-order valence-corrected chi connectivity index (χ2v) is 12.2. The molecule has 0 atom stereocenters. The molecule has 0 spiro atoms. The second-order valence-electron chi connectivity index (χ2n) is 12.2. The first kappa shape index (κ1) is 26.5. The van der Waals surface area contributed by atoms with Crippen molar-refractivity contribution in [2.24, 2.45) is 14.1 Å². The minimum absolute atomic E-state index is 1.20. The summed E-state index contributed by atoms with van der Waals surface area (Å²) in [5.41, 5.74) is 12.4. The molecule has 0 bridgehead atoms. The molecule has 9 aromatic rings. The minimum Gasteiger partial charge on any atom is -0.343 e. The Bertz CT molecular complexity index is 2410. The highest BCUT2D eigenvalue weighted by Crippen LogP contribution is 2.46. The third-order valence-electron chi connectivity index (χ3n) is 9.69. The fourth-order valence-electron chi connectivity index (χ4n) is 7.73. The van der Waals surface area contributed by atoms with Crippen LogP contribution in [-0.2, 0) is 14.1 Å². The maximum Gasteiger partial charge on any atom is 0.0568 e. The van der Waals surface area contributed by atoms with Crippen LogP contribution < -0.4 is 0 Å². The first-order valence-corrected chi connectivity index (χ1v) is 15.9. The van der Waals surface area contributed by atoms with Crippen molar-refractivity contribution in [2.75, 3.05) is 0 Å². The minimum atomic E-state index is 1.20. The van der Waals surface area contributed by atoms with E-state index in [1.54, 1.807) is 0 Å². The lowest BCUT2D eigenvalue weighted by molar-refractivity contribution is 0.978. The smallest absolute Gasteiger partial charge is 0.0568 e. The third kappa shape index (κ3) is 3.90. The number of hydrogen-bond donors (Lipinski definition) is 0. The summed E-state index contributed by atoms with van der Waals surface area (Å²) >= 11 is 0. The monoisotopic (exact) mass is 588 g/mol. The maximum absolute atomic E-state index is 2.41. The Labute approximate surface area is 268 Å². The summed E-state index contributed by atoms with van der Waals surface area (Å²) in [5.74, 6) is 0. The van der Waals surface area contributed by atoms with Crippen LogP contribution in [0, 0.1) is 0 Å². The van der Waals surface area contributed by atoms with Gasteiger partial charge in [-0.1, -0.05) is 152 Å². The standard InChI is InChI=1S/C44H32N2/c1-45-41(39(31-16-5-3-6-17-31)37-26-24-29-14-9-11-22-35(29)43(37)45)33-20-13-21-34(28-33)42-40(32-18-7-4-8-19-32)38-27-25-30-15-10-12-23-36(30)44(38)46(42)2/h3-28H,1-2H3. The first-order chi connectivity index (χ1) is 22.7. The third-order valence-corrected chi connectivity index (χ3v) is 9.69. The van der Waals surface area contributed by atoms with Gasteiger partial charge in [0.25, 0.3) is 0 Å². The molecule has 0 aliphatic heterocycles. The SMILES string of the molecule is Cn1c(-c2cccc(-c3c(-c4ccccc4)c4ccc5ccccc5c4n3C)c2)c(-c2ccccc2)c2ccc3ccccc3c21. The maximum atomic E-state index is 2.41. The molecule has 46 heavy (non-hydrogen) atoms. The van der Waals surface area contributed by atoms with E-state index in [2.05, 4.69) is 181 Å². The van der Waals surface area contributed by atoms with Crippen LogP contribution in [0.5, 0.6) is 0 Å². The van der Waals surface area contributed by atoms with Crippen LogP contribution in [-0.4, -0.2) is 9.13 Å². The van der Waals surface area contributed by atoms with Gasteiger partial charge in [0.05, 0.1) is 22.4 Å². The van der Waals surface area contributed by atoms with Crippen LogP contribution in [0.15, 0.2) is 158 Å². The van der Waals surface area contributed by atoms with Gasteiger partial charge in [-0.3, -0.25) is 0 Å². The van der Waals surface area contributed by atoms with Gasteiger partial charge in [-0.05, 0) is 39.1 Å². The van der Waals surface area contributed by atoms with E-state index >= 15 is 0 Å². The van der Waals surface area contributed by atoms with E-state index in [0.717, 1.165) is 0 Å². The number of benzene rings is 7. The molecule has 0 saturated heterocycles. The predicted molar refractivity (Wildman–Crippen MR) is 196 cm³/mol. The number of hydrogen-bond acceptors (Lipinski definition) is 0. The average molecular weight is 589 g/mol. The summed E-state index contributed by atoms with van der Waals surface area (Å²) in [6, 6.07) is 57.4. The van der Waals surface area contributed by atoms with Crippen LogP contribution in [0.2, 0.25) is 0 Å². The molecule has 0 radical (unpaired) electrons.